The predicted octanol–water partition coefficient (Wildman–Crippen LogP) is 4.72. The summed E-state index contributed by atoms with van der Waals surface area (Å²) in [4.78, 5) is 14.3. The molecule has 0 N–H and O–H groups in total. The van der Waals surface area contributed by atoms with E-state index in [0.29, 0.717) is 25.4 Å². The number of amides is 1. The first kappa shape index (κ1) is 15.9. The molecule has 1 fully saturated rings. The van der Waals surface area contributed by atoms with Gasteiger partial charge in [-0.25, -0.2) is 0 Å². The van der Waals surface area contributed by atoms with E-state index in [0.717, 1.165) is 36.0 Å². The third-order valence-electron chi connectivity index (χ3n) is 4.53. The van der Waals surface area contributed by atoms with E-state index in [4.69, 9.17) is 8.83 Å². The number of carbonyl (C=O) groups excluding carboxylic acids is 1. The van der Waals surface area contributed by atoms with Gasteiger partial charge in [0.2, 0.25) is 5.91 Å². The molecule has 3 rings (SSSR count). The Morgan fingerprint density at radius 2 is 2.04 bits per heavy atom. The van der Waals surface area contributed by atoms with Gasteiger partial charge < -0.3 is 13.7 Å². The van der Waals surface area contributed by atoms with E-state index in [9.17, 15) is 4.79 Å². The molecule has 2 aromatic rings. The number of furan rings is 2. The molecule has 0 radical (unpaired) electrons. The van der Waals surface area contributed by atoms with Crippen molar-refractivity contribution in [1.29, 1.82) is 0 Å². The first-order valence-corrected chi connectivity index (χ1v) is 8.56. The van der Waals surface area contributed by atoms with Crippen molar-refractivity contribution >= 4 is 5.91 Å². The summed E-state index contributed by atoms with van der Waals surface area (Å²) in [5.41, 5.74) is 0. The van der Waals surface area contributed by atoms with E-state index in [1.807, 2.05) is 23.1 Å². The quantitative estimate of drug-likeness (QED) is 0.708. The topological polar surface area (TPSA) is 46.6 Å². The summed E-state index contributed by atoms with van der Waals surface area (Å²) in [6.45, 7) is 5.33. The molecule has 4 heteroatoms. The Bertz CT molecular complexity index is 629. The van der Waals surface area contributed by atoms with Crippen LogP contribution in [0.15, 0.2) is 39.4 Å². The van der Waals surface area contributed by atoms with Crippen molar-refractivity contribution in [2.45, 2.75) is 58.5 Å². The van der Waals surface area contributed by atoms with Crippen molar-refractivity contribution in [2.75, 3.05) is 0 Å². The Kier molecular flexibility index (Phi) is 4.89. The van der Waals surface area contributed by atoms with Gasteiger partial charge in [-0.05, 0) is 43.0 Å². The lowest BCUT2D eigenvalue weighted by atomic mass is 10.2. The minimum absolute atomic E-state index is 0.154. The molecular formula is C19H25NO3. The molecule has 4 nitrogen and oxygen atoms in total. The molecular weight excluding hydrogens is 290 g/mol. The van der Waals surface area contributed by atoms with E-state index >= 15 is 0 Å². The average molecular weight is 315 g/mol. The summed E-state index contributed by atoms with van der Waals surface area (Å²) in [7, 11) is 0. The average Bonchev–Trinajstić information content (AvgIpc) is 2.98. The summed E-state index contributed by atoms with van der Waals surface area (Å²) in [6.07, 6.45) is 5.35. The summed E-state index contributed by atoms with van der Waals surface area (Å²) in [6, 6.07) is 7.82. The fourth-order valence-electron chi connectivity index (χ4n) is 2.89. The monoisotopic (exact) mass is 315 g/mol. The summed E-state index contributed by atoms with van der Waals surface area (Å²) in [5, 5.41) is 0. The molecule has 0 saturated heterocycles. The first-order valence-electron chi connectivity index (χ1n) is 8.56. The van der Waals surface area contributed by atoms with Crippen molar-refractivity contribution in [2.24, 2.45) is 5.92 Å². The van der Waals surface area contributed by atoms with Gasteiger partial charge in [-0.1, -0.05) is 20.3 Å². The lowest BCUT2D eigenvalue weighted by Gasteiger charge is -2.20. The van der Waals surface area contributed by atoms with Gasteiger partial charge in [0.05, 0.1) is 19.4 Å². The van der Waals surface area contributed by atoms with Gasteiger partial charge in [-0.15, -0.1) is 0 Å². The lowest BCUT2D eigenvalue weighted by Crippen LogP contribution is -2.29. The third kappa shape index (κ3) is 4.06. The van der Waals surface area contributed by atoms with E-state index in [1.54, 1.807) is 6.26 Å². The van der Waals surface area contributed by atoms with Gasteiger partial charge in [0.15, 0.2) is 0 Å². The van der Waals surface area contributed by atoms with Crippen LogP contribution in [0.4, 0.5) is 0 Å². The van der Waals surface area contributed by atoms with E-state index in [2.05, 4.69) is 19.9 Å². The van der Waals surface area contributed by atoms with Gasteiger partial charge in [-0.2, -0.15) is 0 Å². The van der Waals surface area contributed by atoms with Crippen LogP contribution in [-0.2, 0) is 17.9 Å². The van der Waals surface area contributed by atoms with Crippen molar-refractivity contribution in [1.82, 2.24) is 4.90 Å². The molecule has 0 aromatic carbocycles. The normalized spacial score (nSPS) is 19.7. The van der Waals surface area contributed by atoms with Crippen LogP contribution in [0.25, 0.3) is 0 Å². The number of nitrogens with zero attached hydrogens (tertiary/aromatic N) is 1. The van der Waals surface area contributed by atoms with Crippen LogP contribution in [0.1, 0.15) is 62.7 Å². The Hall–Kier alpha value is -1.97. The summed E-state index contributed by atoms with van der Waals surface area (Å²) >= 11 is 0. The van der Waals surface area contributed by atoms with Crippen molar-refractivity contribution in [3.63, 3.8) is 0 Å². The van der Waals surface area contributed by atoms with Crippen molar-refractivity contribution < 1.29 is 13.6 Å². The van der Waals surface area contributed by atoms with Crippen LogP contribution in [0, 0.1) is 5.92 Å². The summed E-state index contributed by atoms with van der Waals surface area (Å²) < 4.78 is 11.4. The molecule has 1 aliphatic rings. The predicted molar refractivity (Wildman–Crippen MR) is 87.7 cm³/mol. The number of carbonyl (C=O) groups is 1. The van der Waals surface area contributed by atoms with Gasteiger partial charge in [0.1, 0.15) is 17.3 Å². The second-order valence-corrected chi connectivity index (χ2v) is 6.56. The standard InChI is InChI=1S/C19H25NO3/c1-3-4-7-19(21)20(12-15-6-5-10-22-15)13-16-8-9-18(23-16)17-11-14(17)2/h5-6,8-10,14,17H,3-4,7,11-13H2,1-2H3. The van der Waals surface area contributed by atoms with Crippen molar-refractivity contribution in [3.8, 4) is 0 Å². The maximum absolute atomic E-state index is 12.5. The zero-order valence-corrected chi connectivity index (χ0v) is 14.0. The van der Waals surface area contributed by atoms with Crippen LogP contribution in [0.3, 0.4) is 0 Å². The zero-order chi connectivity index (χ0) is 16.2. The Morgan fingerprint density at radius 1 is 1.26 bits per heavy atom. The highest BCUT2D eigenvalue weighted by Gasteiger charge is 2.36. The highest BCUT2D eigenvalue weighted by atomic mass is 16.3. The first-order chi connectivity index (χ1) is 11.2. The number of hydrogen-bond donors (Lipinski definition) is 0. The lowest BCUT2D eigenvalue weighted by molar-refractivity contribution is -0.133. The van der Waals surface area contributed by atoms with Crippen LogP contribution in [0.2, 0.25) is 0 Å². The van der Waals surface area contributed by atoms with Gasteiger partial charge in [0, 0.05) is 12.3 Å². The molecule has 2 unspecified atom stereocenters. The van der Waals surface area contributed by atoms with Crippen LogP contribution in [-0.4, -0.2) is 10.8 Å². The zero-order valence-electron chi connectivity index (χ0n) is 14.0. The molecule has 1 saturated carbocycles. The highest BCUT2D eigenvalue weighted by Crippen LogP contribution is 2.47. The highest BCUT2D eigenvalue weighted by molar-refractivity contribution is 5.76. The molecule has 2 atom stereocenters. The molecule has 0 aliphatic heterocycles. The van der Waals surface area contributed by atoms with E-state index in [-0.39, 0.29) is 5.91 Å². The number of unbranched alkanes of at least 4 members (excludes halogenated alkanes) is 1. The molecule has 1 amide bonds. The molecule has 2 aromatic heterocycles. The number of hydrogen-bond acceptors (Lipinski definition) is 3. The van der Waals surface area contributed by atoms with E-state index < -0.39 is 0 Å². The molecule has 2 heterocycles. The maximum atomic E-state index is 12.5. The van der Waals surface area contributed by atoms with Crippen molar-refractivity contribution in [3.05, 3.63) is 47.8 Å². The number of rotatable bonds is 8. The Labute approximate surface area is 137 Å². The molecule has 124 valence electrons. The van der Waals surface area contributed by atoms with Gasteiger partial charge in [-0.3, -0.25) is 4.79 Å². The fourth-order valence-corrected chi connectivity index (χ4v) is 2.89. The Morgan fingerprint density at radius 3 is 2.70 bits per heavy atom. The fraction of sp³-hybridized carbons (Fsp3) is 0.526. The van der Waals surface area contributed by atoms with Gasteiger partial charge in [0.25, 0.3) is 0 Å². The van der Waals surface area contributed by atoms with E-state index in [1.165, 1.54) is 6.42 Å². The second-order valence-electron chi connectivity index (χ2n) is 6.56. The second kappa shape index (κ2) is 7.07. The third-order valence-corrected chi connectivity index (χ3v) is 4.53. The molecule has 1 aliphatic carbocycles. The smallest absolute Gasteiger partial charge is 0.223 e. The molecule has 23 heavy (non-hydrogen) atoms. The maximum Gasteiger partial charge on any atom is 0.223 e. The summed E-state index contributed by atoms with van der Waals surface area (Å²) in [5.74, 6) is 4.16. The molecule has 0 bridgehead atoms. The van der Waals surface area contributed by atoms with Gasteiger partial charge >= 0.3 is 0 Å². The largest absolute Gasteiger partial charge is 0.467 e. The SMILES string of the molecule is CCCCC(=O)N(Cc1ccco1)Cc1ccc(C2CC2C)o1. The Balaban J connectivity index is 1.66. The molecule has 0 spiro atoms. The minimum Gasteiger partial charge on any atom is -0.467 e. The van der Waals surface area contributed by atoms with Crippen LogP contribution in [0.5, 0.6) is 0 Å². The van der Waals surface area contributed by atoms with Crippen LogP contribution < -0.4 is 0 Å². The van der Waals surface area contributed by atoms with Crippen LogP contribution >= 0.6 is 0 Å². The minimum atomic E-state index is 0.154.